The first-order chi connectivity index (χ1) is 9.76. The Labute approximate surface area is 129 Å². The van der Waals surface area contributed by atoms with Gasteiger partial charge in [0.15, 0.2) is 0 Å². The van der Waals surface area contributed by atoms with Crippen molar-refractivity contribution in [2.24, 2.45) is 0 Å². The first-order valence-electron chi connectivity index (χ1n) is 6.73. The van der Waals surface area contributed by atoms with Crippen molar-refractivity contribution in [3.63, 3.8) is 0 Å². The van der Waals surface area contributed by atoms with Gasteiger partial charge in [0.2, 0.25) is 0 Å². The Morgan fingerprint density at radius 2 is 1.90 bits per heavy atom. The molecular weight excluding hydrogens is 286 g/mol. The Morgan fingerprint density at radius 1 is 1.19 bits per heavy atom. The second-order valence-electron chi connectivity index (χ2n) is 5.88. The molecule has 0 N–H and O–H groups in total. The van der Waals surface area contributed by atoms with Gasteiger partial charge in [-0.05, 0) is 51.5 Å². The van der Waals surface area contributed by atoms with Crippen molar-refractivity contribution in [3.05, 3.63) is 52.7 Å². The number of esters is 1. The van der Waals surface area contributed by atoms with Gasteiger partial charge in [-0.15, -0.1) is 0 Å². The molecule has 2 rings (SSSR count). The quantitative estimate of drug-likeness (QED) is 0.598. The summed E-state index contributed by atoms with van der Waals surface area (Å²) in [5.41, 5.74) is 2.60. The van der Waals surface area contributed by atoms with Crippen LogP contribution in [-0.2, 0) is 4.74 Å². The summed E-state index contributed by atoms with van der Waals surface area (Å²) in [6.45, 7) is 7.49. The molecule has 1 heterocycles. The third kappa shape index (κ3) is 4.05. The summed E-state index contributed by atoms with van der Waals surface area (Å²) in [4.78, 5) is 16.5. The maximum absolute atomic E-state index is 12.1. The Balaban J connectivity index is 2.38. The number of carbonyl (C=O) groups is 1. The van der Waals surface area contributed by atoms with E-state index < -0.39 is 5.60 Å². The summed E-state index contributed by atoms with van der Waals surface area (Å²) < 4.78 is 5.38. The van der Waals surface area contributed by atoms with Crippen LogP contribution in [0.15, 0.2) is 36.4 Å². The molecule has 110 valence electrons. The fourth-order valence-corrected chi connectivity index (χ4v) is 2.08. The van der Waals surface area contributed by atoms with E-state index >= 15 is 0 Å². The summed E-state index contributed by atoms with van der Waals surface area (Å²) in [6.07, 6.45) is 0. The molecule has 21 heavy (non-hydrogen) atoms. The lowest BCUT2D eigenvalue weighted by Crippen LogP contribution is -2.23. The highest BCUT2D eigenvalue weighted by molar-refractivity contribution is 6.29. The van der Waals surface area contributed by atoms with Crippen LogP contribution in [0.3, 0.4) is 0 Å². The number of nitrogens with zero attached hydrogens (tertiary/aromatic N) is 1. The molecule has 2 aromatic rings. The zero-order valence-electron chi connectivity index (χ0n) is 12.6. The van der Waals surface area contributed by atoms with Crippen molar-refractivity contribution in [2.75, 3.05) is 0 Å². The Morgan fingerprint density at radius 3 is 2.57 bits per heavy atom. The molecule has 0 atom stereocenters. The average Bonchev–Trinajstić information content (AvgIpc) is 2.40. The Kier molecular flexibility index (Phi) is 4.33. The summed E-state index contributed by atoms with van der Waals surface area (Å²) in [5, 5.41) is 0.429. The number of aryl methyl sites for hydroxylation is 1. The molecular formula is C17H18ClNO2. The topological polar surface area (TPSA) is 39.2 Å². The lowest BCUT2D eigenvalue weighted by atomic mass is 10.0. The number of hydrogen-bond donors (Lipinski definition) is 0. The third-order valence-corrected chi connectivity index (χ3v) is 3.04. The minimum Gasteiger partial charge on any atom is -0.456 e. The van der Waals surface area contributed by atoms with E-state index in [-0.39, 0.29) is 5.97 Å². The van der Waals surface area contributed by atoms with E-state index in [4.69, 9.17) is 16.3 Å². The fraction of sp³-hybridized carbons (Fsp3) is 0.294. The van der Waals surface area contributed by atoms with Gasteiger partial charge in [-0.3, -0.25) is 0 Å². The molecule has 0 amide bonds. The normalized spacial score (nSPS) is 11.3. The lowest BCUT2D eigenvalue weighted by Gasteiger charge is -2.19. The molecule has 1 aromatic heterocycles. The van der Waals surface area contributed by atoms with Crippen LogP contribution in [0.4, 0.5) is 0 Å². The maximum Gasteiger partial charge on any atom is 0.338 e. The van der Waals surface area contributed by atoms with Crippen LogP contribution in [0, 0.1) is 6.92 Å². The Bertz CT molecular complexity index is 675. The zero-order valence-corrected chi connectivity index (χ0v) is 13.4. The highest BCUT2D eigenvalue weighted by Gasteiger charge is 2.18. The molecule has 0 unspecified atom stereocenters. The van der Waals surface area contributed by atoms with Gasteiger partial charge in [0.25, 0.3) is 0 Å². The van der Waals surface area contributed by atoms with Crippen molar-refractivity contribution in [1.29, 1.82) is 0 Å². The Hall–Kier alpha value is -1.87. The van der Waals surface area contributed by atoms with Gasteiger partial charge < -0.3 is 4.74 Å². The molecule has 1 aromatic carbocycles. The first kappa shape index (κ1) is 15.5. The molecule has 0 saturated heterocycles. The van der Waals surface area contributed by atoms with E-state index in [0.29, 0.717) is 10.7 Å². The van der Waals surface area contributed by atoms with Crippen LogP contribution >= 0.6 is 11.6 Å². The number of ether oxygens (including phenoxy) is 1. The predicted octanol–water partition coefficient (Wildman–Crippen LogP) is 4.67. The molecule has 4 heteroatoms. The number of carbonyl (C=O) groups excluding carboxylic acids is 1. The number of hydrogen-bond acceptors (Lipinski definition) is 3. The van der Waals surface area contributed by atoms with Crippen LogP contribution in [0.2, 0.25) is 5.15 Å². The number of rotatable bonds is 2. The molecule has 0 spiro atoms. The molecule has 0 aliphatic heterocycles. The van der Waals surface area contributed by atoms with Gasteiger partial charge in [-0.2, -0.15) is 0 Å². The summed E-state index contributed by atoms with van der Waals surface area (Å²) in [5.74, 6) is -0.343. The highest BCUT2D eigenvalue weighted by Crippen LogP contribution is 2.24. The van der Waals surface area contributed by atoms with Crippen molar-refractivity contribution >= 4 is 17.6 Å². The number of halogens is 1. The second kappa shape index (κ2) is 5.86. The molecule has 0 saturated carbocycles. The highest BCUT2D eigenvalue weighted by atomic mass is 35.5. The van der Waals surface area contributed by atoms with Crippen molar-refractivity contribution < 1.29 is 9.53 Å². The standard InChI is InChI=1S/C17H18ClNO2/c1-11-8-9-14(18)19-15(11)12-6-5-7-13(10-12)16(20)21-17(2,3)4/h5-10H,1-4H3. The van der Waals surface area contributed by atoms with E-state index in [0.717, 1.165) is 16.8 Å². The smallest absolute Gasteiger partial charge is 0.338 e. The largest absolute Gasteiger partial charge is 0.456 e. The van der Waals surface area contributed by atoms with Gasteiger partial charge >= 0.3 is 5.97 Å². The van der Waals surface area contributed by atoms with E-state index in [1.165, 1.54) is 0 Å². The fourth-order valence-electron chi connectivity index (χ4n) is 1.93. The van der Waals surface area contributed by atoms with Crippen LogP contribution < -0.4 is 0 Å². The monoisotopic (exact) mass is 303 g/mol. The number of benzene rings is 1. The van der Waals surface area contributed by atoms with Crippen molar-refractivity contribution in [3.8, 4) is 11.3 Å². The summed E-state index contributed by atoms with van der Waals surface area (Å²) >= 11 is 5.95. The first-order valence-corrected chi connectivity index (χ1v) is 7.11. The van der Waals surface area contributed by atoms with E-state index in [9.17, 15) is 4.79 Å². The van der Waals surface area contributed by atoms with Gasteiger partial charge in [0.05, 0.1) is 11.3 Å². The SMILES string of the molecule is Cc1ccc(Cl)nc1-c1cccc(C(=O)OC(C)(C)C)c1. The maximum atomic E-state index is 12.1. The van der Waals surface area contributed by atoms with Gasteiger partial charge in [0, 0.05) is 5.56 Å². The second-order valence-corrected chi connectivity index (χ2v) is 6.27. The van der Waals surface area contributed by atoms with E-state index in [1.807, 2.05) is 45.9 Å². The van der Waals surface area contributed by atoms with Crippen molar-refractivity contribution in [1.82, 2.24) is 4.98 Å². The number of pyridine rings is 1. The average molecular weight is 304 g/mol. The van der Waals surface area contributed by atoms with Gasteiger partial charge in [-0.1, -0.05) is 29.8 Å². The molecule has 0 radical (unpaired) electrons. The van der Waals surface area contributed by atoms with Gasteiger partial charge in [-0.25, -0.2) is 9.78 Å². The van der Waals surface area contributed by atoms with Crippen LogP contribution in [0.5, 0.6) is 0 Å². The molecule has 0 bridgehead atoms. The minimum atomic E-state index is -0.517. The molecule has 0 fully saturated rings. The van der Waals surface area contributed by atoms with E-state index in [2.05, 4.69) is 4.98 Å². The zero-order chi connectivity index (χ0) is 15.6. The lowest BCUT2D eigenvalue weighted by molar-refractivity contribution is 0.00696. The van der Waals surface area contributed by atoms with Gasteiger partial charge in [0.1, 0.15) is 10.8 Å². The van der Waals surface area contributed by atoms with Crippen LogP contribution in [0.25, 0.3) is 11.3 Å². The summed E-state index contributed by atoms with van der Waals surface area (Å²) in [7, 11) is 0. The van der Waals surface area contributed by atoms with Crippen LogP contribution in [0.1, 0.15) is 36.7 Å². The molecule has 0 aliphatic rings. The number of aromatic nitrogens is 1. The van der Waals surface area contributed by atoms with E-state index in [1.54, 1.807) is 18.2 Å². The van der Waals surface area contributed by atoms with Crippen LogP contribution in [-0.4, -0.2) is 16.6 Å². The summed E-state index contributed by atoms with van der Waals surface area (Å²) in [6, 6.07) is 10.9. The molecule has 0 aliphatic carbocycles. The van der Waals surface area contributed by atoms with Crippen molar-refractivity contribution in [2.45, 2.75) is 33.3 Å². The minimum absolute atomic E-state index is 0.343. The predicted molar refractivity (Wildman–Crippen MR) is 84.6 cm³/mol. The molecule has 3 nitrogen and oxygen atoms in total. The third-order valence-electron chi connectivity index (χ3n) is 2.83.